The second kappa shape index (κ2) is 5.40. The van der Waals surface area contributed by atoms with E-state index < -0.39 is 0 Å². The number of carbonyl (C=O) groups excluding carboxylic acids is 1. The molecule has 0 atom stereocenters. The Kier molecular flexibility index (Phi) is 4.45. The van der Waals surface area contributed by atoms with Crippen LogP contribution in [0.15, 0.2) is 15.2 Å². The van der Waals surface area contributed by atoms with Crippen molar-refractivity contribution >= 4 is 33.2 Å². The first-order chi connectivity index (χ1) is 6.24. The van der Waals surface area contributed by atoms with Gasteiger partial charge in [0.25, 0.3) is 5.91 Å². The molecule has 1 aromatic heterocycles. The molecule has 72 valence electrons. The van der Waals surface area contributed by atoms with Crippen LogP contribution in [-0.2, 0) is 0 Å². The van der Waals surface area contributed by atoms with Gasteiger partial charge in [-0.05, 0) is 28.4 Å². The van der Waals surface area contributed by atoms with Crippen molar-refractivity contribution in [1.29, 1.82) is 0 Å². The van der Waals surface area contributed by atoms with E-state index in [4.69, 9.17) is 0 Å². The minimum absolute atomic E-state index is 0.0235. The molecule has 0 spiro atoms. The van der Waals surface area contributed by atoms with Crippen molar-refractivity contribution in [2.45, 2.75) is 19.8 Å². The summed E-state index contributed by atoms with van der Waals surface area (Å²) in [7, 11) is 0. The third kappa shape index (κ3) is 3.48. The molecule has 0 aliphatic carbocycles. The van der Waals surface area contributed by atoms with Crippen LogP contribution >= 0.6 is 27.3 Å². The minimum atomic E-state index is 0.0235. The zero-order valence-electron chi connectivity index (χ0n) is 7.47. The Morgan fingerprint density at radius 2 is 2.46 bits per heavy atom. The SMILES string of the molecule is CCCCNC(=O)c1csc(Br)c1. The average molecular weight is 262 g/mol. The molecule has 0 unspecified atom stereocenters. The van der Waals surface area contributed by atoms with Crippen LogP contribution in [0.2, 0.25) is 0 Å². The van der Waals surface area contributed by atoms with Crippen molar-refractivity contribution < 1.29 is 4.79 Å². The second-order valence-electron chi connectivity index (χ2n) is 2.75. The van der Waals surface area contributed by atoms with Crippen LogP contribution in [0.3, 0.4) is 0 Å². The number of hydrogen-bond acceptors (Lipinski definition) is 2. The Bertz CT molecular complexity index is 285. The monoisotopic (exact) mass is 261 g/mol. The molecular formula is C9H12BrNOS. The van der Waals surface area contributed by atoms with Crippen molar-refractivity contribution in [3.8, 4) is 0 Å². The lowest BCUT2D eigenvalue weighted by Gasteiger charge is -2.00. The van der Waals surface area contributed by atoms with Gasteiger partial charge in [0.15, 0.2) is 0 Å². The van der Waals surface area contributed by atoms with Crippen LogP contribution in [0, 0.1) is 0 Å². The number of nitrogens with one attached hydrogen (secondary N) is 1. The third-order valence-electron chi connectivity index (χ3n) is 1.65. The van der Waals surface area contributed by atoms with E-state index in [0.29, 0.717) is 0 Å². The van der Waals surface area contributed by atoms with Gasteiger partial charge in [-0.1, -0.05) is 13.3 Å². The first-order valence-electron chi connectivity index (χ1n) is 4.26. The van der Waals surface area contributed by atoms with Crippen molar-refractivity contribution in [2.24, 2.45) is 0 Å². The van der Waals surface area contributed by atoms with Crippen molar-refractivity contribution in [3.63, 3.8) is 0 Å². The quantitative estimate of drug-likeness (QED) is 0.830. The Balaban J connectivity index is 2.40. The molecule has 2 nitrogen and oxygen atoms in total. The molecule has 1 aromatic rings. The van der Waals surface area contributed by atoms with E-state index in [2.05, 4.69) is 28.2 Å². The zero-order valence-corrected chi connectivity index (χ0v) is 9.87. The molecule has 0 bridgehead atoms. The number of rotatable bonds is 4. The van der Waals surface area contributed by atoms with Gasteiger partial charge in [-0.25, -0.2) is 0 Å². The molecule has 1 rings (SSSR count). The summed E-state index contributed by atoms with van der Waals surface area (Å²) in [5.41, 5.74) is 0.743. The summed E-state index contributed by atoms with van der Waals surface area (Å²) in [6, 6.07) is 1.84. The molecule has 1 heterocycles. The second-order valence-corrected chi connectivity index (χ2v) is 5.04. The van der Waals surface area contributed by atoms with Gasteiger partial charge in [0.1, 0.15) is 0 Å². The summed E-state index contributed by atoms with van der Waals surface area (Å²) in [6.07, 6.45) is 2.14. The molecule has 1 N–H and O–H groups in total. The van der Waals surface area contributed by atoms with Crippen LogP contribution in [0.4, 0.5) is 0 Å². The highest BCUT2D eigenvalue weighted by molar-refractivity contribution is 9.11. The number of hydrogen-bond donors (Lipinski definition) is 1. The molecule has 0 aliphatic heterocycles. The van der Waals surface area contributed by atoms with E-state index in [-0.39, 0.29) is 5.91 Å². The highest BCUT2D eigenvalue weighted by atomic mass is 79.9. The first kappa shape index (κ1) is 10.7. The standard InChI is InChI=1S/C9H12BrNOS/c1-2-3-4-11-9(12)7-5-8(10)13-6-7/h5-6H,2-4H2,1H3,(H,11,12). The van der Waals surface area contributed by atoms with Gasteiger partial charge in [0.05, 0.1) is 9.35 Å². The fraction of sp³-hybridized carbons (Fsp3) is 0.444. The molecule has 0 saturated carbocycles. The summed E-state index contributed by atoms with van der Waals surface area (Å²) in [6.45, 7) is 2.87. The van der Waals surface area contributed by atoms with Crippen molar-refractivity contribution in [1.82, 2.24) is 5.32 Å². The fourth-order valence-electron chi connectivity index (χ4n) is 0.910. The van der Waals surface area contributed by atoms with Gasteiger partial charge in [-0.3, -0.25) is 4.79 Å². The first-order valence-corrected chi connectivity index (χ1v) is 5.93. The minimum Gasteiger partial charge on any atom is -0.352 e. The average Bonchev–Trinajstić information content (AvgIpc) is 2.52. The Labute approximate surface area is 90.5 Å². The van der Waals surface area contributed by atoms with E-state index in [1.165, 1.54) is 11.3 Å². The van der Waals surface area contributed by atoms with Gasteiger partial charge >= 0.3 is 0 Å². The van der Waals surface area contributed by atoms with E-state index >= 15 is 0 Å². The van der Waals surface area contributed by atoms with E-state index in [9.17, 15) is 4.79 Å². The van der Waals surface area contributed by atoms with Gasteiger partial charge in [-0.2, -0.15) is 0 Å². The topological polar surface area (TPSA) is 29.1 Å². The molecule has 1 amide bonds. The number of carbonyl (C=O) groups is 1. The van der Waals surface area contributed by atoms with E-state index in [0.717, 1.165) is 28.7 Å². The third-order valence-corrected chi connectivity index (χ3v) is 3.15. The van der Waals surface area contributed by atoms with Crippen LogP contribution < -0.4 is 5.32 Å². The normalized spacial score (nSPS) is 10.0. The van der Waals surface area contributed by atoms with E-state index in [1.54, 1.807) is 0 Å². The molecule has 0 aliphatic rings. The molecule has 0 saturated heterocycles. The maximum atomic E-state index is 11.4. The lowest BCUT2D eigenvalue weighted by molar-refractivity contribution is 0.0953. The van der Waals surface area contributed by atoms with Crippen molar-refractivity contribution in [3.05, 3.63) is 20.8 Å². The van der Waals surface area contributed by atoms with Crippen LogP contribution in [0.1, 0.15) is 30.1 Å². The van der Waals surface area contributed by atoms with Gasteiger partial charge in [0, 0.05) is 11.9 Å². The lowest BCUT2D eigenvalue weighted by atomic mass is 10.3. The van der Waals surface area contributed by atoms with Crippen LogP contribution in [0.25, 0.3) is 0 Å². The van der Waals surface area contributed by atoms with Crippen molar-refractivity contribution in [2.75, 3.05) is 6.54 Å². The summed E-state index contributed by atoms with van der Waals surface area (Å²) < 4.78 is 0.994. The van der Waals surface area contributed by atoms with Gasteiger partial charge in [-0.15, -0.1) is 11.3 Å². The molecule has 0 radical (unpaired) electrons. The predicted molar refractivity (Wildman–Crippen MR) is 59.3 cm³/mol. The number of unbranched alkanes of at least 4 members (excludes halogenated alkanes) is 1. The molecule has 0 aromatic carbocycles. The van der Waals surface area contributed by atoms with Crippen LogP contribution in [-0.4, -0.2) is 12.5 Å². The number of halogens is 1. The van der Waals surface area contributed by atoms with Gasteiger partial charge < -0.3 is 5.32 Å². The number of amides is 1. The maximum absolute atomic E-state index is 11.4. The summed E-state index contributed by atoms with van der Waals surface area (Å²) >= 11 is 4.85. The highest BCUT2D eigenvalue weighted by Crippen LogP contribution is 2.20. The van der Waals surface area contributed by atoms with Gasteiger partial charge in [0.2, 0.25) is 0 Å². The summed E-state index contributed by atoms with van der Waals surface area (Å²) in [5, 5.41) is 4.71. The summed E-state index contributed by atoms with van der Waals surface area (Å²) in [5.74, 6) is 0.0235. The molecule has 4 heteroatoms. The highest BCUT2D eigenvalue weighted by Gasteiger charge is 2.05. The predicted octanol–water partition coefficient (Wildman–Crippen LogP) is 3.04. The maximum Gasteiger partial charge on any atom is 0.252 e. The Morgan fingerprint density at radius 3 is 3.00 bits per heavy atom. The number of thiophene rings is 1. The molecule has 13 heavy (non-hydrogen) atoms. The summed E-state index contributed by atoms with van der Waals surface area (Å²) in [4.78, 5) is 11.4. The smallest absolute Gasteiger partial charge is 0.252 e. The molecule has 0 fully saturated rings. The lowest BCUT2D eigenvalue weighted by Crippen LogP contribution is -2.23. The van der Waals surface area contributed by atoms with Crippen LogP contribution in [0.5, 0.6) is 0 Å². The van der Waals surface area contributed by atoms with E-state index in [1.807, 2.05) is 11.4 Å². The Hall–Kier alpha value is -0.350. The fourth-order valence-corrected chi connectivity index (χ4v) is 2.05. The Morgan fingerprint density at radius 1 is 1.69 bits per heavy atom. The largest absolute Gasteiger partial charge is 0.352 e. The zero-order chi connectivity index (χ0) is 9.68. The molecular weight excluding hydrogens is 250 g/mol.